The van der Waals surface area contributed by atoms with Gasteiger partial charge >= 0.3 is 0 Å². The lowest BCUT2D eigenvalue weighted by molar-refractivity contribution is 0.294. The first kappa shape index (κ1) is 10.5. The second kappa shape index (κ2) is 5.15. The molecule has 0 radical (unpaired) electrons. The van der Waals surface area contributed by atoms with Gasteiger partial charge in [-0.3, -0.25) is 4.90 Å². The number of rotatable bonds is 2. The van der Waals surface area contributed by atoms with Gasteiger partial charge in [-0.15, -0.1) is 0 Å². The van der Waals surface area contributed by atoms with Crippen molar-refractivity contribution in [2.24, 2.45) is 0 Å². The van der Waals surface area contributed by atoms with Crippen LogP contribution in [0.4, 0.5) is 0 Å². The minimum atomic E-state index is 0.513. The predicted octanol–water partition coefficient (Wildman–Crippen LogP) is 1.50. The van der Waals surface area contributed by atoms with Crippen LogP contribution in [0.15, 0.2) is 18.3 Å². The van der Waals surface area contributed by atoms with Gasteiger partial charge in [0.1, 0.15) is 11.8 Å². The number of hydrogen-bond acceptors (Lipinski definition) is 4. The zero-order chi connectivity index (χ0) is 10.5. The van der Waals surface area contributed by atoms with E-state index < -0.39 is 0 Å². The van der Waals surface area contributed by atoms with Gasteiger partial charge < -0.3 is 0 Å². The van der Waals surface area contributed by atoms with E-state index >= 15 is 0 Å². The molecule has 1 aromatic heterocycles. The molecule has 2 heterocycles. The molecular weight excluding hydrogens is 206 g/mol. The Hall–Kier alpha value is -1.05. The summed E-state index contributed by atoms with van der Waals surface area (Å²) in [5.74, 6) is 2.44. The highest BCUT2D eigenvalue weighted by atomic mass is 32.2. The largest absolute Gasteiger partial charge is 0.297 e. The van der Waals surface area contributed by atoms with E-state index in [2.05, 4.69) is 16.0 Å². The van der Waals surface area contributed by atoms with Crippen molar-refractivity contribution in [1.29, 1.82) is 5.26 Å². The van der Waals surface area contributed by atoms with E-state index in [0.717, 1.165) is 19.6 Å². The lowest BCUT2D eigenvalue weighted by atomic mass is 10.2. The van der Waals surface area contributed by atoms with E-state index in [1.54, 1.807) is 6.20 Å². The molecule has 0 amide bonds. The third kappa shape index (κ3) is 2.95. The monoisotopic (exact) mass is 219 g/mol. The number of nitrogens with zero attached hydrogens (tertiary/aromatic N) is 3. The summed E-state index contributed by atoms with van der Waals surface area (Å²) in [6, 6.07) is 5.94. The van der Waals surface area contributed by atoms with Gasteiger partial charge in [0.25, 0.3) is 0 Å². The lowest BCUT2D eigenvalue weighted by Crippen LogP contribution is -2.31. The Balaban J connectivity index is 2.00. The molecule has 0 aliphatic carbocycles. The maximum atomic E-state index is 8.74. The van der Waals surface area contributed by atoms with Crippen LogP contribution in [-0.2, 0) is 6.54 Å². The highest BCUT2D eigenvalue weighted by Crippen LogP contribution is 2.12. The molecule has 0 N–H and O–H groups in total. The highest BCUT2D eigenvalue weighted by Gasteiger charge is 2.10. The van der Waals surface area contributed by atoms with Crippen molar-refractivity contribution >= 4 is 11.8 Å². The first-order valence-electron chi connectivity index (χ1n) is 5.03. The average molecular weight is 219 g/mol. The normalized spacial score (nSPS) is 17.3. The predicted molar refractivity (Wildman–Crippen MR) is 61.6 cm³/mol. The van der Waals surface area contributed by atoms with Crippen molar-refractivity contribution in [3.63, 3.8) is 0 Å². The van der Waals surface area contributed by atoms with Gasteiger partial charge in [-0.2, -0.15) is 17.0 Å². The first-order valence-corrected chi connectivity index (χ1v) is 6.19. The van der Waals surface area contributed by atoms with E-state index in [0.29, 0.717) is 5.69 Å². The Bertz CT molecular complexity index is 366. The molecular formula is C11H13N3S. The van der Waals surface area contributed by atoms with Gasteiger partial charge in [0, 0.05) is 37.3 Å². The third-order valence-corrected chi connectivity index (χ3v) is 3.39. The molecule has 0 unspecified atom stereocenters. The summed E-state index contributed by atoms with van der Waals surface area (Å²) >= 11 is 2.01. The zero-order valence-corrected chi connectivity index (χ0v) is 9.33. The van der Waals surface area contributed by atoms with E-state index in [1.807, 2.05) is 23.9 Å². The minimum absolute atomic E-state index is 0.513. The second-order valence-corrected chi connectivity index (χ2v) is 4.77. The molecule has 0 spiro atoms. The van der Waals surface area contributed by atoms with Gasteiger partial charge in [0.15, 0.2) is 0 Å². The maximum absolute atomic E-state index is 8.74. The molecule has 4 heteroatoms. The van der Waals surface area contributed by atoms with E-state index in [-0.39, 0.29) is 0 Å². The van der Waals surface area contributed by atoms with Gasteiger partial charge in [-0.1, -0.05) is 0 Å². The zero-order valence-electron chi connectivity index (χ0n) is 8.52. The van der Waals surface area contributed by atoms with Crippen molar-refractivity contribution in [3.05, 3.63) is 29.6 Å². The summed E-state index contributed by atoms with van der Waals surface area (Å²) in [6.07, 6.45) is 1.71. The molecule has 1 fully saturated rings. The van der Waals surface area contributed by atoms with Gasteiger partial charge in [0.05, 0.1) is 0 Å². The lowest BCUT2D eigenvalue weighted by Gasteiger charge is -2.26. The van der Waals surface area contributed by atoms with E-state index in [4.69, 9.17) is 5.26 Å². The SMILES string of the molecule is N#Cc1cc(CN2CCSCC2)ccn1. The highest BCUT2D eigenvalue weighted by molar-refractivity contribution is 7.99. The quantitative estimate of drug-likeness (QED) is 0.756. The summed E-state index contributed by atoms with van der Waals surface area (Å²) in [7, 11) is 0. The Labute approximate surface area is 94.1 Å². The molecule has 1 aliphatic heterocycles. The fraction of sp³-hybridized carbons (Fsp3) is 0.455. The molecule has 1 saturated heterocycles. The maximum Gasteiger partial charge on any atom is 0.140 e. The fourth-order valence-electron chi connectivity index (χ4n) is 1.65. The average Bonchev–Trinajstić information content (AvgIpc) is 2.31. The second-order valence-electron chi connectivity index (χ2n) is 3.55. The number of nitriles is 1. The minimum Gasteiger partial charge on any atom is -0.297 e. The number of thioether (sulfide) groups is 1. The Morgan fingerprint density at radius 2 is 2.27 bits per heavy atom. The van der Waals surface area contributed by atoms with Crippen LogP contribution in [-0.4, -0.2) is 34.5 Å². The molecule has 0 aromatic carbocycles. The molecule has 15 heavy (non-hydrogen) atoms. The number of pyridine rings is 1. The summed E-state index contributed by atoms with van der Waals surface area (Å²) in [6.45, 7) is 3.24. The van der Waals surface area contributed by atoms with Crippen LogP contribution in [0.25, 0.3) is 0 Å². The van der Waals surface area contributed by atoms with Crippen LogP contribution in [0, 0.1) is 11.3 Å². The molecule has 2 rings (SSSR count). The molecule has 3 nitrogen and oxygen atoms in total. The van der Waals surface area contributed by atoms with E-state index in [1.165, 1.54) is 17.1 Å². The first-order chi connectivity index (χ1) is 7.38. The van der Waals surface area contributed by atoms with Crippen LogP contribution in [0.2, 0.25) is 0 Å². The summed E-state index contributed by atoms with van der Waals surface area (Å²) in [5, 5.41) is 8.74. The molecule has 0 atom stereocenters. The standard InChI is InChI=1S/C11H13N3S/c12-8-11-7-10(1-2-13-11)9-14-3-5-15-6-4-14/h1-2,7H,3-6,9H2. The van der Waals surface area contributed by atoms with Crippen LogP contribution >= 0.6 is 11.8 Å². The third-order valence-electron chi connectivity index (χ3n) is 2.45. The number of aromatic nitrogens is 1. The Morgan fingerprint density at radius 1 is 1.47 bits per heavy atom. The molecule has 0 saturated carbocycles. The van der Waals surface area contributed by atoms with Crippen LogP contribution in [0.5, 0.6) is 0 Å². The molecule has 1 aromatic rings. The molecule has 1 aliphatic rings. The smallest absolute Gasteiger partial charge is 0.140 e. The van der Waals surface area contributed by atoms with Gasteiger partial charge in [-0.05, 0) is 17.7 Å². The van der Waals surface area contributed by atoms with Crippen LogP contribution in [0.3, 0.4) is 0 Å². The van der Waals surface area contributed by atoms with Gasteiger partial charge in [-0.25, -0.2) is 4.98 Å². The molecule has 0 bridgehead atoms. The van der Waals surface area contributed by atoms with Gasteiger partial charge in [0.2, 0.25) is 0 Å². The van der Waals surface area contributed by atoms with Crippen molar-refractivity contribution in [3.8, 4) is 6.07 Å². The van der Waals surface area contributed by atoms with Crippen molar-refractivity contribution in [1.82, 2.24) is 9.88 Å². The summed E-state index contributed by atoms with van der Waals surface area (Å²) in [4.78, 5) is 6.39. The summed E-state index contributed by atoms with van der Waals surface area (Å²) < 4.78 is 0. The van der Waals surface area contributed by atoms with Crippen LogP contribution in [0.1, 0.15) is 11.3 Å². The Morgan fingerprint density at radius 3 is 3.00 bits per heavy atom. The van der Waals surface area contributed by atoms with Crippen LogP contribution < -0.4 is 0 Å². The Kier molecular flexibility index (Phi) is 3.59. The van der Waals surface area contributed by atoms with Crippen molar-refractivity contribution in [2.75, 3.05) is 24.6 Å². The number of hydrogen-bond donors (Lipinski definition) is 0. The van der Waals surface area contributed by atoms with Crippen molar-refractivity contribution < 1.29 is 0 Å². The fourth-order valence-corrected chi connectivity index (χ4v) is 2.63. The van der Waals surface area contributed by atoms with E-state index in [9.17, 15) is 0 Å². The van der Waals surface area contributed by atoms with Crippen molar-refractivity contribution in [2.45, 2.75) is 6.54 Å². The summed E-state index contributed by atoms with van der Waals surface area (Å²) in [5.41, 5.74) is 1.70. The molecule has 78 valence electrons. The topological polar surface area (TPSA) is 39.9 Å².